The number of sulfonamides is 1. The van der Waals surface area contributed by atoms with Crippen LogP contribution in [0.4, 0.5) is 4.79 Å². The normalized spacial score (nSPS) is 28.3. The van der Waals surface area contributed by atoms with Gasteiger partial charge in [0.2, 0.25) is 27.7 Å². The predicted molar refractivity (Wildman–Crippen MR) is 213 cm³/mol. The number of benzene rings is 1. The van der Waals surface area contributed by atoms with Crippen LogP contribution >= 0.6 is 0 Å². The number of aromatic nitrogens is 1. The fourth-order valence-corrected chi connectivity index (χ4v) is 10.1. The number of hydrogen-bond donors (Lipinski definition) is 2. The molecule has 0 bridgehead atoms. The molecule has 0 spiro atoms. The number of fused-ring (bicyclic) bond motifs is 3. The number of nitrogens with zero attached hydrogens (tertiary/aromatic N) is 3. The molecule has 7 rings (SSSR count). The van der Waals surface area contributed by atoms with E-state index in [9.17, 15) is 27.6 Å². The van der Waals surface area contributed by atoms with Gasteiger partial charge in [-0.2, -0.15) is 0 Å². The van der Waals surface area contributed by atoms with Gasteiger partial charge in [-0.1, -0.05) is 38.8 Å². The molecule has 14 nitrogen and oxygen atoms in total. The van der Waals surface area contributed by atoms with E-state index in [4.69, 9.17) is 19.2 Å². The Bertz CT molecular complexity index is 2060. The van der Waals surface area contributed by atoms with Crippen LogP contribution in [-0.2, 0) is 24.4 Å². The second kappa shape index (κ2) is 15.7. The van der Waals surface area contributed by atoms with Gasteiger partial charge >= 0.3 is 6.03 Å². The molecule has 5 atom stereocenters. The third-order valence-electron chi connectivity index (χ3n) is 12.0. The molecule has 3 aliphatic heterocycles. The third kappa shape index (κ3) is 8.73. The number of allylic oxidation sites excluding steroid dienone is 2. The molecule has 4 amide bonds. The van der Waals surface area contributed by atoms with Gasteiger partial charge in [0.1, 0.15) is 23.6 Å². The van der Waals surface area contributed by atoms with E-state index in [-0.39, 0.29) is 54.5 Å². The van der Waals surface area contributed by atoms with Gasteiger partial charge in [0.05, 0.1) is 42.0 Å². The topological polar surface area (TPSA) is 174 Å². The highest BCUT2D eigenvalue weighted by atomic mass is 32.2. The average molecular weight is 808 g/mol. The monoisotopic (exact) mass is 807 g/mol. The van der Waals surface area contributed by atoms with Gasteiger partial charge in [-0.05, 0) is 77.3 Å². The number of ether oxygens (including phenoxy) is 3. The summed E-state index contributed by atoms with van der Waals surface area (Å²) in [6.07, 6.45) is 7.81. The fraction of sp³-hybridized carbons (Fsp3) is 0.643. The number of ketones is 1. The summed E-state index contributed by atoms with van der Waals surface area (Å²) in [7, 11) is -2.26. The van der Waals surface area contributed by atoms with Crippen molar-refractivity contribution in [2.75, 3.05) is 26.7 Å². The number of nitrogens with one attached hydrogen (secondary N) is 2. The van der Waals surface area contributed by atoms with Crippen LogP contribution in [0, 0.1) is 23.7 Å². The Morgan fingerprint density at radius 3 is 2.47 bits per heavy atom. The van der Waals surface area contributed by atoms with E-state index in [1.807, 2.05) is 45.1 Å². The summed E-state index contributed by atoms with van der Waals surface area (Å²) >= 11 is 0. The van der Waals surface area contributed by atoms with Crippen molar-refractivity contribution in [1.29, 1.82) is 0 Å². The van der Waals surface area contributed by atoms with E-state index in [2.05, 4.69) is 23.9 Å². The fourth-order valence-electron chi connectivity index (χ4n) is 8.72. The first kappa shape index (κ1) is 40.8. The highest BCUT2D eigenvalue weighted by Crippen LogP contribution is 2.57. The Labute approximate surface area is 335 Å². The number of methoxy groups -OCH3 is 1. The molecule has 2 aromatic rings. The number of amides is 4. The van der Waals surface area contributed by atoms with Gasteiger partial charge in [0, 0.05) is 48.4 Å². The maximum Gasteiger partial charge on any atom is 0.318 e. The van der Waals surface area contributed by atoms with E-state index in [0.29, 0.717) is 73.5 Å². The van der Waals surface area contributed by atoms with Gasteiger partial charge < -0.3 is 29.3 Å². The van der Waals surface area contributed by atoms with Crippen molar-refractivity contribution in [2.24, 2.45) is 16.7 Å². The van der Waals surface area contributed by atoms with E-state index < -0.39 is 44.8 Å². The lowest BCUT2D eigenvalue weighted by molar-refractivity contribution is -0.140. The zero-order valence-corrected chi connectivity index (χ0v) is 34.8. The van der Waals surface area contributed by atoms with Gasteiger partial charge in [-0.3, -0.25) is 19.1 Å². The molecule has 1 aromatic heterocycles. The Kier molecular flexibility index (Phi) is 11.3. The number of pyridine rings is 1. The maximum atomic E-state index is 14.7. The van der Waals surface area contributed by atoms with Gasteiger partial charge in [0.15, 0.2) is 5.78 Å². The Balaban J connectivity index is 1.21. The molecule has 0 unspecified atom stereocenters. The lowest BCUT2D eigenvalue weighted by Gasteiger charge is -2.46. The predicted octanol–water partition coefficient (Wildman–Crippen LogP) is 5.20. The third-order valence-corrected chi connectivity index (χ3v) is 13.9. The first-order valence-electron chi connectivity index (χ1n) is 20.4. The van der Waals surface area contributed by atoms with Crippen molar-refractivity contribution in [3.63, 3.8) is 0 Å². The van der Waals surface area contributed by atoms with Gasteiger partial charge in [-0.25, -0.2) is 18.2 Å². The van der Waals surface area contributed by atoms with Crippen LogP contribution in [0.1, 0.15) is 97.5 Å². The number of urea groups is 1. The maximum absolute atomic E-state index is 14.7. The number of likely N-dealkylation sites (tertiary alicyclic amines) is 1. The summed E-state index contributed by atoms with van der Waals surface area (Å²) in [5, 5.41) is 3.11. The lowest BCUT2D eigenvalue weighted by atomic mass is 9.85. The van der Waals surface area contributed by atoms with Crippen LogP contribution in [0.5, 0.6) is 17.4 Å². The zero-order valence-electron chi connectivity index (χ0n) is 34.0. The average Bonchev–Trinajstić information content (AvgIpc) is 4.06. The quantitative estimate of drug-likeness (QED) is 0.321. The van der Waals surface area contributed by atoms with Crippen LogP contribution in [-0.4, -0.2) is 103 Å². The summed E-state index contributed by atoms with van der Waals surface area (Å²) in [6, 6.07) is 3.23. The first-order chi connectivity index (χ1) is 27.0. The van der Waals surface area contributed by atoms with Crippen LogP contribution in [0.15, 0.2) is 30.4 Å². The molecule has 57 heavy (non-hydrogen) atoms. The first-order valence-corrected chi connectivity index (χ1v) is 22.0. The van der Waals surface area contributed by atoms with Crippen molar-refractivity contribution in [3.8, 4) is 17.4 Å². The molecular weight excluding hydrogens is 751 g/mol. The van der Waals surface area contributed by atoms with Crippen molar-refractivity contribution >= 4 is 44.6 Å². The van der Waals surface area contributed by atoms with Crippen LogP contribution in [0.2, 0.25) is 0 Å². The molecule has 2 saturated carbocycles. The smallest absolute Gasteiger partial charge is 0.318 e. The summed E-state index contributed by atoms with van der Waals surface area (Å²) in [5.41, 5.74) is 0.168. The molecule has 4 fully saturated rings. The summed E-state index contributed by atoms with van der Waals surface area (Å²) < 4.78 is 46.5. The molecule has 4 heterocycles. The SMILES string of the molecule is COc1ccc2c(O[C@@H]3C[C@H]4C(=O)C[C@]5(C(=O)NS(=O)(=O)C6CC6)C[C@H]5/C=C\CCCCC[C@H](NC(=O)N5CC(C)(C)C5)C(=O)N4C3)cc(OC(C)C)nc2c1C. The van der Waals surface area contributed by atoms with Gasteiger partial charge in [0.25, 0.3) is 0 Å². The molecule has 2 saturated heterocycles. The van der Waals surface area contributed by atoms with E-state index in [1.165, 1.54) is 4.90 Å². The van der Waals surface area contributed by atoms with Gasteiger partial charge in [-0.15, -0.1) is 0 Å². The van der Waals surface area contributed by atoms with Crippen molar-refractivity contribution < 1.29 is 41.8 Å². The van der Waals surface area contributed by atoms with E-state index in [0.717, 1.165) is 24.8 Å². The molecule has 5 aliphatic rings. The Morgan fingerprint density at radius 1 is 1.04 bits per heavy atom. The number of aryl methyl sites for hydroxylation is 1. The lowest BCUT2D eigenvalue weighted by Crippen LogP contribution is -2.61. The minimum atomic E-state index is -3.85. The number of rotatable bonds is 9. The second-order valence-corrected chi connectivity index (χ2v) is 19.7. The van der Waals surface area contributed by atoms with Crippen LogP contribution in [0.3, 0.4) is 0 Å². The molecule has 15 heteroatoms. The van der Waals surface area contributed by atoms with Crippen LogP contribution in [0.25, 0.3) is 10.9 Å². The summed E-state index contributed by atoms with van der Waals surface area (Å²) in [4.78, 5) is 64.7. The standard InChI is InChI=1S/C42H57N5O9S/c1-25(2)55-36-19-35(30-16-17-34(54-6)26(3)37(30)44-36)56-28-18-32-33(48)21-42(39(50)45-57(52,53)29-14-15-29)20-27(42)12-10-8-7-9-11-13-31(38(49)47(32)22-28)43-40(51)46-23-41(4,5)24-46/h10,12,16-17,19,25,27-29,31-32H,7-9,11,13-15,18,20-24H2,1-6H3,(H,43,51)(H,45,50)/b12-10-/t27-,28-,31+,32+,42-/m1/s1. The second-order valence-electron chi connectivity index (χ2n) is 17.8. The Hall–Kier alpha value is -4.40. The number of hydrogen-bond acceptors (Lipinski definition) is 10. The summed E-state index contributed by atoms with van der Waals surface area (Å²) in [5.74, 6) is -0.245. The highest BCUT2D eigenvalue weighted by molar-refractivity contribution is 7.90. The molecule has 0 radical (unpaired) electrons. The Morgan fingerprint density at radius 2 is 1.79 bits per heavy atom. The zero-order chi connectivity index (χ0) is 40.9. The number of carbonyl (C=O) groups is 4. The molecule has 310 valence electrons. The molecule has 1 aromatic carbocycles. The highest BCUT2D eigenvalue weighted by Gasteiger charge is 2.61. The number of carbonyl (C=O) groups excluding carboxylic acids is 4. The largest absolute Gasteiger partial charge is 0.496 e. The van der Waals surface area contributed by atoms with E-state index >= 15 is 0 Å². The van der Waals surface area contributed by atoms with Crippen molar-refractivity contribution in [3.05, 3.63) is 35.9 Å². The molecule has 2 aliphatic carbocycles. The van der Waals surface area contributed by atoms with E-state index in [1.54, 1.807) is 18.1 Å². The summed E-state index contributed by atoms with van der Waals surface area (Å²) in [6.45, 7) is 11.1. The minimum absolute atomic E-state index is 0.00452. The van der Waals surface area contributed by atoms with Crippen molar-refractivity contribution in [1.82, 2.24) is 24.8 Å². The molecular formula is C42H57N5O9S. The molecule has 2 N–H and O–H groups in total. The van der Waals surface area contributed by atoms with Crippen LogP contribution < -0.4 is 24.2 Å². The minimum Gasteiger partial charge on any atom is -0.496 e. The van der Waals surface area contributed by atoms with Crippen molar-refractivity contribution in [2.45, 2.75) is 128 Å². The number of Topliss-reactive ketones (excluding diaryl/α,β-unsaturated/α-hetero) is 1.